The maximum Gasteiger partial charge on any atom is 0.323 e. The molecule has 112 valence electrons. The van der Waals surface area contributed by atoms with Crippen LogP contribution in [0.15, 0.2) is 48.2 Å². The first-order valence-electron chi connectivity index (χ1n) is 7.22. The zero-order valence-corrected chi connectivity index (χ0v) is 12.8. The number of benzene rings is 1. The molecular formula is C17H23N3O. The maximum atomic E-state index is 11.9. The summed E-state index contributed by atoms with van der Waals surface area (Å²) < 4.78 is 0. The molecule has 2 rings (SSSR count). The Morgan fingerprint density at radius 1 is 1.24 bits per heavy atom. The third-order valence-electron chi connectivity index (χ3n) is 4.15. The Kier molecular flexibility index (Phi) is 4.36. The molecule has 0 fully saturated rings. The van der Waals surface area contributed by atoms with Crippen molar-refractivity contribution in [2.45, 2.75) is 27.2 Å². The second kappa shape index (κ2) is 6.04. The summed E-state index contributed by atoms with van der Waals surface area (Å²) in [5, 5.41) is 5.63. The van der Waals surface area contributed by atoms with Gasteiger partial charge in [0.2, 0.25) is 0 Å². The number of anilines is 2. The van der Waals surface area contributed by atoms with Crippen LogP contribution in [0.5, 0.6) is 0 Å². The molecule has 1 unspecified atom stereocenters. The van der Waals surface area contributed by atoms with Gasteiger partial charge in [-0.1, -0.05) is 32.9 Å². The molecule has 1 aliphatic rings. The van der Waals surface area contributed by atoms with Gasteiger partial charge in [-0.15, -0.1) is 0 Å². The van der Waals surface area contributed by atoms with E-state index in [1.165, 1.54) is 0 Å². The lowest BCUT2D eigenvalue weighted by atomic mass is 9.74. The largest absolute Gasteiger partial charge is 0.399 e. The number of hydrogen-bond acceptors (Lipinski definition) is 2. The van der Waals surface area contributed by atoms with Crippen molar-refractivity contribution in [1.82, 2.24) is 5.32 Å². The molecule has 0 aliphatic heterocycles. The molecular weight excluding hydrogens is 262 g/mol. The molecule has 1 atom stereocenters. The van der Waals surface area contributed by atoms with E-state index in [0.717, 1.165) is 12.1 Å². The molecule has 1 aromatic carbocycles. The topological polar surface area (TPSA) is 67.2 Å². The number of hydrogen-bond donors (Lipinski definition) is 3. The normalized spacial score (nSPS) is 21.0. The van der Waals surface area contributed by atoms with Crippen molar-refractivity contribution in [2.75, 3.05) is 11.1 Å². The first-order chi connectivity index (χ1) is 9.89. The molecule has 1 aliphatic carbocycles. The van der Waals surface area contributed by atoms with Crippen molar-refractivity contribution in [2.24, 2.45) is 11.3 Å². The Labute approximate surface area is 126 Å². The minimum absolute atomic E-state index is 0.165. The lowest BCUT2D eigenvalue weighted by molar-refractivity contribution is 0.254. The highest BCUT2D eigenvalue weighted by atomic mass is 16.2. The molecule has 0 heterocycles. The van der Waals surface area contributed by atoms with Gasteiger partial charge in [0.25, 0.3) is 0 Å². The third-order valence-corrected chi connectivity index (χ3v) is 4.15. The summed E-state index contributed by atoms with van der Waals surface area (Å²) in [5.41, 5.74) is 8.00. The Morgan fingerprint density at radius 2 is 1.90 bits per heavy atom. The molecule has 4 heteroatoms. The summed E-state index contributed by atoms with van der Waals surface area (Å²) in [6.45, 7) is 6.66. The van der Waals surface area contributed by atoms with Crippen LogP contribution in [0.2, 0.25) is 0 Å². The minimum atomic E-state index is -0.246. The SMILES string of the molecule is CC(C)C1(C)C=CC(NC(=O)Nc2ccc(N)cc2)=CC1. The van der Waals surface area contributed by atoms with E-state index in [2.05, 4.69) is 43.6 Å². The summed E-state index contributed by atoms with van der Waals surface area (Å²) in [6, 6.07) is 6.81. The summed E-state index contributed by atoms with van der Waals surface area (Å²) >= 11 is 0. The second-order valence-corrected chi connectivity index (χ2v) is 6.06. The zero-order valence-electron chi connectivity index (χ0n) is 12.8. The van der Waals surface area contributed by atoms with Crippen molar-refractivity contribution in [3.63, 3.8) is 0 Å². The zero-order chi connectivity index (χ0) is 15.5. The second-order valence-electron chi connectivity index (χ2n) is 6.06. The van der Waals surface area contributed by atoms with E-state index in [9.17, 15) is 4.79 Å². The van der Waals surface area contributed by atoms with Crippen LogP contribution in [0.25, 0.3) is 0 Å². The number of carbonyl (C=O) groups is 1. The average Bonchev–Trinajstić information content (AvgIpc) is 2.44. The van der Waals surface area contributed by atoms with E-state index < -0.39 is 0 Å². The first-order valence-corrected chi connectivity index (χ1v) is 7.22. The first kappa shape index (κ1) is 15.2. The van der Waals surface area contributed by atoms with Crippen LogP contribution < -0.4 is 16.4 Å². The van der Waals surface area contributed by atoms with Crippen molar-refractivity contribution in [1.29, 1.82) is 0 Å². The van der Waals surface area contributed by atoms with Gasteiger partial charge in [-0.05, 0) is 48.1 Å². The van der Waals surface area contributed by atoms with Gasteiger partial charge in [-0.2, -0.15) is 0 Å². The van der Waals surface area contributed by atoms with Gasteiger partial charge >= 0.3 is 6.03 Å². The van der Waals surface area contributed by atoms with E-state index in [1.54, 1.807) is 24.3 Å². The Hall–Kier alpha value is -2.23. The molecule has 0 aromatic heterocycles. The predicted molar refractivity (Wildman–Crippen MR) is 87.8 cm³/mol. The summed E-state index contributed by atoms with van der Waals surface area (Å²) in [4.78, 5) is 11.9. The van der Waals surface area contributed by atoms with Gasteiger partial charge in [-0.3, -0.25) is 0 Å². The number of nitrogens with one attached hydrogen (secondary N) is 2. The van der Waals surface area contributed by atoms with Crippen molar-refractivity contribution in [3.8, 4) is 0 Å². The molecule has 21 heavy (non-hydrogen) atoms. The van der Waals surface area contributed by atoms with Crippen LogP contribution >= 0.6 is 0 Å². The highest BCUT2D eigenvalue weighted by molar-refractivity contribution is 5.90. The molecule has 0 spiro atoms. The maximum absolute atomic E-state index is 11.9. The van der Waals surface area contributed by atoms with Crippen LogP contribution in [0.4, 0.5) is 16.2 Å². The highest BCUT2D eigenvalue weighted by Gasteiger charge is 2.26. The Morgan fingerprint density at radius 3 is 2.43 bits per heavy atom. The van der Waals surface area contributed by atoms with Crippen LogP contribution in [-0.2, 0) is 0 Å². The number of rotatable bonds is 3. The van der Waals surface area contributed by atoms with Crippen molar-refractivity contribution >= 4 is 17.4 Å². The number of amides is 2. The molecule has 4 N–H and O–H groups in total. The standard InChI is InChI=1S/C17H23N3O/c1-12(2)17(3)10-8-15(9-11-17)20-16(21)19-14-6-4-13(18)5-7-14/h4-10,12H,11,18H2,1-3H3,(H2,19,20,21). The summed E-state index contributed by atoms with van der Waals surface area (Å²) in [5.74, 6) is 0.565. The van der Waals surface area contributed by atoms with E-state index >= 15 is 0 Å². The third kappa shape index (κ3) is 3.88. The smallest absolute Gasteiger partial charge is 0.323 e. The van der Waals surface area contributed by atoms with E-state index in [-0.39, 0.29) is 11.4 Å². The average molecular weight is 285 g/mol. The molecule has 2 amide bonds. The highest BCUT2D eigenvalue weighted by Crippen LogP contribution is 2.36. The van der Waals surface area contributed by atoms with Gasteiger partial charge in [0, 0.05) is 17.1 Å². The number of carbonyl (C=O) groups excluding carboxylic acids is 1. The molecule has 0 radical (unpaired) electrons. The predicted octanol–water partition coefficient (Wildman–Crippen LogP) is 3.90. The molecule has 0 bridgehead atoms. The number of nitrogen functional groups attached to an aromatic ring is 1. The van der Waals surface area contributed by atoms with E-state index in [1.807, 2.05) is 6.08 Å². The lowest BCUT2D eigenvalue weighted by Crippen LogP contribution is -2.30. The van der Waals surface area contributed by atoms with Crippen molar-refractivity contribution in [3.05, 3.63) is 48.2 Å². The molecule has 1 aromatic rings. The molecule has 4 nitrogen and oxygen atoms in total. The van der Waals surface area contributed by atoms with Gasteiger partial charge in [0.1, 0.15) is 0 Å². The van der Waals surface area contributed by atoms with Gasteiger partial charge in [0.15, 0.2) is 0 Å². The number of nitrogens with two attached hydrogens (primary N) is 1. The van der Waals surface area contributed by atoms with E-state index in [0.29, 0.717) is 17.3 Å². The molecule has 0 saturated heterocycles. The van der Waals surface area contributed by atoms with Gasteiger partial charge < -0.3 is 16.4 Å². The van der Waals surface area contributed by atoms with Crippen molar-refractivity contribution < 1.29 is 4.79 Å². The van der Waals surface area contributed by atoms with Crippen LogP contribution in [0, 0.1) is 11.3 Å². The van der Waals surface area contributed by atoms with Gasteiger partial charge in [-0.25, -0.2) is 4.79 Å². The monoisotopic (exact) mass is 285 g/mol. The van der Waals surface area contributed by atoms with Crippen LogP contribution in [-0.4, -0.2) is 6.03 Å². The fourth-order valence-corrected chi connectivity index (χ4v) is 2.13. The fraction of sp³-hybridized carbons (Fsp3) is 0.353. The Balaban J connectivity index is 1.91. The molecule has 0 saturated carbocycles. The Bertz CT molecular complexity index is 572. The lowest BCUT2D eigenvalue weighted by Gasteiger charge is -2.32. The number of allylic oxidation sites excluding steroid dienone is 3. The minimum Gasteiger partial charge on any atom is -0.399 e. The summed E-state index contributed by atoms with van der Waals surface area (Å²) in [7, 11) is 0. The fourth-order valence-electron chi connectivity index (χ4n) is 2.13. The summed E-state index contributed by atoms with van der Waals surface area (Å²) in [6.07, 6.45) is 7.16. The number of urea groups is 1. The van der Waals surface area contributed by atoms with Crippen LogP contribution in [0.1, 0.15) is 27.2 Å². The van der Waals surface area contributed by atoms with E-state index in [4.69, 9.17) is 5.73 Å². The van der Waals surface area contributed by atoms with Crippen LogP contribution in [0.3, 0.4) is 0 Å². The quantitative estimate of drug-likeness (QED) is 0.737. The van der Waals surface area contributed by atoms with Gasteiger partial charge in [0.05, 0.1) is 0 Å².